The van der Waals surface area contributed by atoms with Crippen molar-refractivity contribution in [1.82, 2.24) is 5.32 Å². The minimum absolute atomic E-state index is 0.0989. The summed E-state index contributed by atoms with van der Waals surface area (Å²) in [7, 11) is 0. The number of rotatable bonds is 4. The van der Waals surface area contributed by atoms with Crippen LogP contribution < -0.4 is 5.32 Å². The third-order valence-corrected chi connectivity index (χ3v) is 3.53. The van der Waals surface area contributed by atoms with Gasteiger partial charge in [-0.3, -0.25) is 0 Å². The molecule has 1 atom stereocenters. The molecule has 0 aromatic carbocycles. The van der Waals surface area contributed by atoms with Crippen molar-refractivity contribution < 1.29 is 5.11 Å². The lowest BCUT2D eigenvalue weighted by Gasteiger charge is -2.26. The van der Waals surface area contributed by atoms with E-state index in [1.165, 1.54) is 11.1 Å². The van der Waals surface area contributed by atoms with Crippen molar-refractivity contribution in [2.24, 2.45) is 0 Å². The van der Waals surface area contributed by atoms with Crippen molar-refractivity contribution in [2.45, 2.75) is 45.9 Å². The van der Waals surface area contributed by atoms with Crippen LogP contribution in [-0.4, -0.2) is 16.7 Å². The van der Waals surface area contributed by atoms with Crippen LogP contribution in [0.25, 0.3) is 0 Å². The molecule has 0 radical (unpaired) electrons. The molecule has 0 spiro atoms. The zero-order valence-corrected chi connectivity index (χ0v) is 10.1. The van der Waals surface area contributed by atoms with Gasteiger partial charge < -0.3 is 10.4 Å². The van der Waals surface area contributed by atoms with Crippen LogP contribution in [0.1, 0.15) is 31.9 Å². The first kappa shape index (κ1) is 11.7. The van der Waals surface area contributed by atoms with E-state index >= 15 is 0 Å². The Kier molecular flexibility index (Phi) is 3.70. The van der Waals surface area contributed by atoms with E-state index in [1.54, 1.807) is 11.3 Å². The van der Waals surface area contributed by atoms with E-state index in [0.29, 0.717) is 0 Å². The molecule has 14 heavy (non-hydrogen) atoms. The summed E-state index contributed by atoms with van der Waals surface area (Å²) < 4.78 is 0. The molecule has 0 fully saturated rings. The van der Waals surface area contributed by atoms with Gasteiger partial charge in [0.15, 0.2) is 0 Å². The fraction of sp³-hybridized carbons (Fsp3) is 0.636. The first-order valence-electron chi connectivity index (χ1n) is 4.88. The molecule has 0 aliphatic carbocycles. The zero-order valence-electron chi connectivity index (χ0n) is 9.29. The lowest BCUT2D eigenvalue weighted by atomic mass is 10.0. The minimum atomic E-state index is -0.663. The first-order valence-corrected chi connectivity index (χ1v) is 5.83. The van der Waals surface area contributed by atoms with Gasteiger partial charge in [0.05, 0.1) is 5.60 Å². The van der Waals surface area contributed by atoms with Gasteiger partial charge >= 0.3 is 0 Å². The number of hydrogen-bond donors (Lipinski definition) is 2. The molecular formula is C11H19NOS. The van der Waals surface area contributed by atoms with Crippen LogP contribution in [0.15, 0.2) is 10.8 Å². The predicted molar refractivity (Wildman–Crippen MR) is 61.7 cm³/mol. The molecule has 1 unspecified atom stereocenters. The highest BCUT2D eigenvalue weighted by atomic mass is 32.1. The molecule has 2 N–H and O–H groups in total. The maximum Gasteiger partial charge on any atom is 0.0741 e. The Morgan fingerprint density at radius 2 is 2.14 bits per heavy atom. The number of hydrogen-bond acceptors (Lipinski definition) is 3. The molecule has 0 aliphatic heterocycles. The van der Waals surface area contributed by atoms with Crippen molar-refractivity contribution in [3.8, 4) is 0 Å². The normalized spacial score (nSPS) is 14.4. The smallest absolute Gasteiger partial charge is 0.0741 e. The molecule has 0 saturated heterocycles. The number of aryl methyl sites for hydroxylation is 1. The van der Waals surface area contributed by atoms with Crippen molar-refractivity contribution >= 4 is 11.3 Å². The van der Waals surface area contributed by atoms with Crippen LogP contribution in [0.4, 0.5) is 0 Å². The molecular weight excluding hydrogens is 194 g/mol. The van der Waals surface area contributed by atoms with Gasteiger partial charge in [-0.2, -0.15) is 11.3 Å². The standard InChI is InChI=1S/C11H19NOS/c1-8-6-14-7-10(8)5-12-9(2)11(3,4)13/h6-7,9,12-13H,5H2,1-4H3. The average molecular weight is 213 g/mol. The molecule has 0 amide bonds. The van der Waals surface area contributed by atoms with E-state index in [1.807, 2.05) is 20.8 Å². The summed E-state index contributed by atoms with van der Waals surface area (Å²) in [5, 5.41) is 17.3. The van der Waals surface area contributed by atoms with Crippen molar-refractivity contribution in [1.29, 1.82) is 0 Å². The fourth-order valence-electron chi connectivity index (χ4n) is 1.08. The Bertz CT molecular complexity index is 288. The number of thiophene rings is 1. The van der Waals surface area contributed by atoms with Gasteiger partial charge in [-0.25, -0.2) is 0 Å². The predicted octanol–water partition coefficient (Wildman–Crippen LogP) is 2.31. The van der Waals surface area contributed by atoms with Gasteiger partial charge in [0.25, 0.3) is 0 Å². The summed E-state index contributed by atoms with van der Waals surface area (Å²) in [6, 6.07) is 0.0989. The lowest BCUT2D eigenvalue weighted by Crippen LogP contribution is -2.44. The van der Waals surface area contributed by atoms with Crippen LogP contribution in [0.5, 0.6) is 0 Å². The second-order valence-corrected chi connectivity index (χ2v) is 5.08. The van der Waals surface area contributed by atoms with Gasteiger partial charge in [-0.15, -0.1) is 0 Å². The molecule has 80 valence electrons. The lowest BCUT2D eigenvalue weighted by molar-refractivity contribution is 0.0437. The number of aliphatic hydroxyl groups is 1. The van der Waals surface area contributed by atoms with Crippen LogP contribution in [0, 0.1) is 6.92 Å². The molecule has 0 aliphatic rings. The van der Waals surface area contributed by atoms with Gasteiger partial charge in [0, 0.05) is 12.6 Å². The van der Waals surface area contributed by atoms with E-state index in [0.717, 1.165) is 6.54 Å². The summed E-state index contributed by atoms with van der Waals surface area (Å²) in [6.07, 6.45) is 0. The second-order valence-electron chi connectivity index (χ2n) is 4.34. The zero-order chi connectivity index (χ0) is 10.8. The van der Waals surface area contributed by atoms with Crippen molar-refractivity contribution in [3.63, 3.8) is 0 Å². The Hall–Kier alpha value is -0.380. The highest BCUT2D eigenvalue weighted by Crippen LogP contribution is 2.14. The average Bonchev–Trinajstić information content (AvgIpc) is 2.45. The van der Waals surface area contributed by atoms with Crippen molar-refractivity contribution in [3.05, 3.63) is 21.9 Å². The summed E-state index contributed by atoms with van der Waals surface area (Å²) in [5.74, 6) is 0. The van der Waals surface area contributed by atoms with Gasteiger partial charge in [-0.1, -0.05) is 0 Å². The summed E-state index contributed by atoms with van der Waals surface area (Å²) >= 11 is 1.72. The summed E-state index contributed by atoms with van der Waals surface area (Å²) in [6.45, 7) is 8.60. The quantitative estimate of drug-likeness (QED) is 0.804. The maximum atomic E-state index is 9.72. The van der Waals surface area contributed by atoms with Crippen LogP contribution >= 0.6 is 11.3 Å². The molecule has 0 bridgehead atoms. The largest absolute Gasteiger partial charge is 0.389 e. The van der Waals surface area contributed by atoms with Crippen LogP contribution in [0.2, 0.25) is 0 Å². The Morgan fingerprint density at radius 3 is 2.57 bits per heavy atom. The summed E-state index contributed by atoms with van der Waals surface area (Å²) in [4.78, 5) is 0. The molecule has 1 aromatic rings. The van der Waals surface area contributed by atoms with E-state index in [2.05, 4.69) is 23.0 Å². The molecule has 1 aromatic heterocycles. The second kappa shape index (κ2) is 4.43. The van der Waals surface area contributed by atoms with Crippen LogP contribution in [0.3, 0.4) is 0 Å². The number of nitrogens with one attached hydrogen (secondary N) is 1. The monoisotopic (exact) mass is 213 g/mol. The highest BCUT2D eigenvalue weighted by Gasteiger charge is 2.21. The maximum absolute atomic E-state index is 9.72. The fourth-order valence-corrected chi connectivity index (χ4v) is 1.94. The van der Waals surface area contributed by atoms with E-state index in [9.17, 15) is 5.11 Å². The van der Waals surface area contributed by atoms with Crippen molar-refractivity contribution in [2.75, 3.05) is 0 Å². The first-order chi connectivity index (χ1) is 6.41. The van der Waals surface area contributed by atoms with E-state index < -0.39 is 5.60 Å². The molecule has 1 heterocycles. The van der Waals surface area contributed by atoms with Gasteiger partial charge in [0.2, 0.25) is 0 Å². The van der Waals surface area contributed by atoms with Crippen LogP contribution in [-0.2, 0) is 6.54 Å². The topological polar surface area (TPSA) is 32.3 Å². The van der Waals surface area contributed by atoms with Gasteiger partial charge in [-0.05, 0) is 49.6 Å². The third kappa shape index (κ3) is 3.08. The third-order valence-electron chi connectivity index (χ3n) is 2.62. The van der Waals surface area contributed by atoms with E-state index in [4.69, 9.17) is 0 Å². The van der Waals surface area contributed by atoms with E-state index in [-0.39, 0.29) is 6.04 Å². The Morgan fingerprint density at radius 1 is 1.50 bits per heavy atom. The molecule has 2 nitrogen and oxygen atoms in total. The molecule has 3 heteroatoms. The SMILES string of the molecule is Cc1cscc1CNC(C)C(C)(C)O. The Balaban J connectivity index is 2.46. The Labute approximate surface area is 90.0 Å². The van der Waals surface area contributed by atoms with Gasteiger partial charge in [0.1, 0.15) is 0 Å². The molecule has 0 saturated carbocycles. The minimum Gasteiger partial charge on any atom is -0.389 e. The summed E-state index contributed by atoms with van der Waals surface area (Å²) in [5.41, 5.74) is 1.99. The molecule has 1 rings (SSSR count). The highest BCUT2D eigenvalue weighted by molar-refractivity contribution is 7.08.